The number of nitrogens with zero attached hydrogens (tertiary/aromatic N) is 1. The van der Waals surface area contributed by atoms with Crippen molar-refractivity contribution in [1.29, 1.82) is 0 Å². The Morgan fingerprint density at radius 1 is 0.860 bits per heavy atom. The van der Waals surface area contributed by atoms with E-state index in [1.54, 1.807) is 0 Å². The van der Waals surface area contributed by atoms with Gasteiger partial charge in [-0.3, -0.25) is 19.7 Å². The number of amides is 1. The normalized spacial score (nSPS) is 13.3. The smallest absolute Gasteiger partial charge is 0.391 e. The Balaban J connectivity index is 2.27. The molecule has 0 aliphatic heterocycles. The van der Waals surface area contributed by atoms with Crippen molar-refractivity contribution >= 4 is 25.2 Å². The Morgan fingerprint density at radius 2 is 1.42 bits per heavy atom. The highest BCUT2D eigenvalue weighted by Gasteiger charge is 2.25. The number of rotatable bonds is 23. The molecule has 1 unspecified atom stereocenters. The number of allylic oxidation sites excluding steroid dienone is 10. The number of non-ortho nitro benzene ring substituents is 1. The summed E-state index contributed by atoms with van der Waals surface area (Å²) in [6.07, 6.45) is 28.0. The lowest BCUT2D eigenvalue weighted by atomic mass is 10.2. The number of esters is 1. The van der Waals surface area contributed by atoms with Gasteiger partial charge in [0.15, 0.2) is 0 Å². The Bertz CT molecular complexity index is 1160. The van der Waals surface area contributed by atoms with Crippen LogP contribution in [0.2, 0.25) is 0 Å². The molecule has 1 amide bonds. The molecule has 43 heavy (non-hydrogen) atoms. The van der Waals surface area contributed by atoms with Crippen molar-refractivity contribution in [3.8, 4) is 5.75 Å². The minimum Gasteiger partial charge on any atom is -0.468 e. The van der Waals surface area contributed by atoms with Crippen molar-refractivity contribution in [2.45, 2.75) is 58.3 Å². The van der Waals surface area contributed by atoms with Gasteiger partial charge in [0, 0.05) is 31.6 Å². The van der Waals surface area contributed by atoms with Crippen LogP contribution in [0.15, 0.2) is 85.0 Å². The van der Waals surface area contributed by atoms with Gasteiger partial charge in [-0.25, -0.2) is 14.7 Å². The molecule has 1 aromatic carbocycles. The van der Waals surface area contributed by atoms with Crippen molar-refractivity contribution in [2.75, 3.05) is 26.7 Å². The van der Waals surface area contributed by atoms with Gasteiger partial charge in [0.05, 0.1) is 12.0 Å². The summed E-state index contributed by atoms with van der Waals surface area (Å²) in [4.78, 5) is 33.9. The number of unbranched alkanes of at least 4 members (excludes halogenated alkanes) is 1. The number of benzene rings is 1. The molecule has 0 aromatic heterocycles. The number of ether oxygens (including phenoxy) is 1. The third kappa shape index (κ3) is 19.9. The van der Waals surface area contributed by atoms with E-state index < -0.39 is 25.1 Å². The molecule has 236 valence electrons. The van der Waals surface area contributed by atoms with Gasteiger partial charge in [-0.05, 0) is 57.1 Å². The van der Waals surface area contributed by atoms with Crippen molar-refractivity contribution in [2.24, 2.45) is 0 Å². The molecule has 0 fully saturated rings. The molecule has 11 nitrogen and oxygen atoms in total. The molecule has 12 heteroatoms. The molecule has 1 atom stereocenters. The van der Waals surface area contributed by atoms with E-state index >= 15 is 0 Å². The predicted molar refractivity (Wildman–Crippen MR) is 171 cm³/mol. The minimum atomic E-state index is -3.81. The van der Waals surface area contributed by atoms with E-state index in [1.807, 2.05) is 0 Å². The summed E-state index contributed by atoms with van der Waals surface area (Å²) in [5.74, 6) is -0.698. The highest BCUT2D eigenvalue weighted by molar-refractivity contribution is 7.55. The number of hydrogen-bond acceptors (Lipinski definition) is 7. The van der Waals surface area contributed by atoms with E-state index in [0.717, 1.165) is 38.5 Å². The zero-order valence-corrected chi connectivity index (χ0v) is 26.0. The first-order valence-electron chi connectivity index (χ1n) is 14.4. The molecule has 0 saturated heterocycles. The number of nitrogens with one attached hydrogen (secondary N) is 3. The first-order valence-corrected chi connectivity index (χ1v) is 16.0. The maximum absolute atomic E-state index is 13.2. The molecular formula is C31H45N4O7P. The topological polar surface area (TPSA) is 149 Å². The number of nitro groups is 1. The summed E-state index contributed by atoms with van der Waals surface area (Å²) in [7, 11) is -2.62. The van der Waals surface area contributed by atoms with Gasteiger partial charge in [-0.1, -0.05) is 67.7 Å². The van der Waals surface area contributed by atoms with Crippen LogP contribution < -0.4 is 20.0 Å². The molecule has 0 aliphatic rings. The fourth-order valence-corrected chi connectivity index (χ4v) is 4.78. The van der Waals surface area contributed by atoms with Crippen LogP contribution in [0.4, 0.5) is 5.69 Å². The molecule has 0 spiro atoms. The van der Waals surface area contributed by atoms with Crippen molar-refractivity contribution < 1.29 is 28.3 Å². The Morgan fingerprint density at radius 3 is 1.95 bits per heavy atom. The highest BCUT2D eigenvalue weighted by atomic mass is 31.2. The molecule has 1 rings (SSSR count). The molecular weight excluding hydrogens is 571 g/mol. The first-order chi connectivity index (χ1) is 20.8. The lowest BCUT2D eigenvalue weighted by Gasteiger charge is -2.21. The molecule has 0 saturated carbocycles. The third-order valence-electron chi connectivity index (χ3n) is 5.64. The first kappa shape index (κ1) is 37.2. The van der Waals surface area contributed by atoms with Gasteiger partial charge in [0.1, 0.15) is 12.3 Å². The average Bonchev–Trinajstić information content (AvgIpc) is 3.00. The van der Waals surface area contributed by atoms with Crippen LogP contribution in [0.25, 0.3) is 0 Å². The van der Waals surface area contributed by atoms with Crippen molar-refractivity contribution in [1.82, 2.24) is 15.5 Å². The summed E-state index contributed by atoms with van der Waals surface area (Å²) in [5, 5.41) is 18.8. The maximum Gasteiger partial charge on any atom is 0.391 e. The standard InChI is InChI=1S/C31H45N4O7P/c1-3-4-5-6-7-8-9-10-11-12-13-14-15-16-17-18-19-20-30(36)32-25-26-33-43(40,34-27-31(37)41-2)42-29-23-21-28(22-24-29)35(38)39/h4-5,7-8,10-11,13-14,16-17,21-24H,3,6,9,12,15,18-20,25-27H2,1-2H3,(H,32,36)(H2,33,34,40). The van der Waals surface area contributed by atoms with Gasteiger partial charge in [-0.2, -0.15) is 0 Å². The Labute approximate surface area is 254 Å². The largest absolute Gasteiger partial charge is 0.468 e. The van der Waals surface area contributed by atoms with Crippen LogP contribution in [0.1, 0.15) is 58.3 Å². The Hall–Kier alpha value is -3.79. The Kier molecular flexibility index (Phi) is 20.6. The fraction of sp³-hybridized carbons (Fsp3) is 0.419. The second-order valence-electron chi connectivity index (χ2n) is 9.16. The van der Waals surface area contributed by atoms with Gasteiger partial charge in [0.25, 0.3) is 5.69 Å². The molecule has 1 aromatic rings. The number of methoxy groups -OCH3 is 1. The van der Waals surface area contributed by atoms with E-state index in [1.165, 1.54) is 31.4 Å². The molecule has 0 heterocycles. The lowest BCUT2D eigenvalue weighted by Crippen LogP contribution is -2.35. The number of nitro benzene ring substituents is 1. The zero-order valence-electron chi connectivity index (χ0n) is 25.1. The molecule has 3 N–H and O–H groups in total. The number of hydrogen-bond donors (Lipinski definition) is 3. The second-order valence-corrected chi connectivity index (χ2v) is 11.1. The number of carbonyl (C=O) groups is 2. The lowest BCUT2D eigenvalue weighted by molar-refractivity contribution is -0.384. The van der Waals surface area contributed by atoms with Crippen LogP contribution in [0.5, 0.6) is 5.75 Å². The van der Waals surface area contributed by atoms with Crippen molar-refractivity contribution in [3.05, 3.63) is 95.1 Å². The molecule has 0 radical (unpaired) electrons. The van der Waals surface area contributed by atoms with Crippen LogP contribution in [-0.4, -0.2) is 43.5 Å². The van der Waals surface area contributed by atoms with Crippen LogP contribution in [0.3, 0.4) is 0 Å². The third-order valence-corrected chi connectivity index (χ3v) is 7.32. The van der Waals surface area contributed by atoms with Gasteiger partial charge >= 0.3 is 13.6 Å². The van der Waals surface area contributed by atoms with Crippen LogP contribution in [0, 0.1) is 10.1 Å². The van der Waals surface area contributed by atoms with Gasteiger partial charge in [0.2, 0.25) is 5.91 Å². The monoisotopic (exact) mass is 616 g/mol. The second kappa shape index (κ2) is 23.7. The van der Waals surface area contributed by atoms with Gasteiger partial charge < -0.3 is 14.6 Å². The van der Waals surface area contributed by atoms with Crippen molar-refractivity contribution in [3.63, 3.8) is 0 Å². The van der Waals surface area contributed by atoms with E-state index in [-0.39, 0.29) is 30.4 Å². The van der Waals surface area contributed by atoms with E-state index in [9.17, 15) is 24.3 Å². The zero-order chi connectivity index (χ0) is 31.6. The molecule has 0 bridgehead atoms. The summed E-state index contributed by atoms with van der Waals surface area (Å²) in [5.41, 5.74) is -0.151. The van der Waals surface area contributed by atoms with E-state index in [2.05, 4.69) is 87.9 Å². The predicted octanol–water partition coefficient (Wildman–Crippen LogP) is 6.47. The SMILES string of the molecule is CCC=CCC=CCC=CCC=CCC=CCCCC(=O)NCCNP(=O)(NCC(=O)OC)Oc1ccc([N+](=O)[O-])cc1. The van der Waals surface area contributed by atoms with Crippen LogP contribution >= 0.6 is 7.67 Å². The number of carbonyl (C=O) groups excluding carboxylic acids is 2. The van der Waals surface area contributed by atoms with E-state index in [4.69, 9.17) is 4.52 Å². The highest BCUT2D eigenvalue weighted by Crippen LogP contribution is 2.38. The quantitative estimate of drug-likeness (QED) is 0.0314. The molecule has 0 aliphatic carbocycles. The minimum absolute atomic E-state index is 0.0823. The summed E-state index contributed by atoms with van der Waals surface area (Å²) >= 11 is 0. The van der Waals surface area contributed by atoms with Gasteiger partial charge in [-0.15, -0.1) is 0 Å². The summed E-state index contributed by atoms with van der Waals surface area (Å²) < 4.78 is 23.2. The maximum atomic E-state index is 13.2. The fourth-order valence-electron chi connectivity index (χ4n) is 3.38. The average molecular weight is 617 g/mol. The van der Waals surface area contributed by atoms with E-state index in [0.29, 0.717) is 12.8 Å². The summed E-state index contributed by atoms with van der Waals surface area (Å²) in [6, 6.07) is 5.01. The van der Waals surface area contributed by atoms with Crippen LogP contribution in [-0.2, 0) is 18.9 Å². The summed E-state index contributed by atoms with van der Waals surface area (Å²) in [6.45, 7) is 1.99.